The number of rotatable bonds is 4. The SMILES string of the molecule is NC(CS(=O)c1ccccc1Cl)c1cc2ccccc2o1. The molecule has 0 aliphatic carbocycles. The zero-order valence-electron chi connectivity index (χ0n) is 11.2. The highest BCUT2D eigenvalue weighted by atomic mass is 35.5. The Morgan fingerprint density at radius 3 is 2.62 bits per heavy atom. The van der Waals surface area contributed by atoms with E-state index in [-0.39, 0.29) is 5.75 Å². The van der Waals surface area contributed by atoms with Gasteiger partial charge in [-0.05, 0) is 24.3 Å². The maximum absolute atomic E-state index is 12.4. The third kappa shape index (κ3) is 3.02. The van der Waals surface area contributed by atoms with Crippen molar-refractivity contribution in [3.63, 3.8) is 0 Å². The molecule has 1 heterocycles. The molecule has 0 aliphatic rings. The summed E-state index contributed by atoms with van der Waals surface area (Å²) in [6.07, 6.45) is 0. The lowest BCUT2D eigenvalue weighted by Gasteiger charge is -2.09. The fourth-order valence-electron chi connectivity index (χ4n) is 2.15. The molecule has 2 atom stereocenters. The highest BCUT2D eigenvalue weighted by Crippen LogP contribution is 2.25. The smallest absolute Gasteiger partial charge is 0.134 e. The van der Waals surface area contributed by atoms with E-state index in [0.717, 1.165) is 11.0 Å². The first-order chi connectivity index (χ1) is 10.1. The van der Waals surface area contributed by atoms with Crippen LogP contribution in [0.25, 0.3) is 11.0 Å². The lowest BCUT2D eigenvalue weighted by atomic mass is 10.2. The second-order valence-electron chi connectivity index (χ2n) is 4.74. The average molecular weight is 320 g/mol. The van der Waals surface area contributed by atoms with Crippen LogP contribution in [0.2, 0.25) is 5.02 Å². The summed E-state index contributed by atoms with van der Waals surface area (Å²) >= 11 is 6.06. The first-order valence-electron chi connectivity index (χ1n) is 6.52. The van der Waals surface area contributed by atoms with E-state index in [1.54, 1.807) is 12.1 Å². The van der Waals surface area contributed by atoms with E-state index in [1.165, 1.54) is 0 Å². The molecule has 0 saturated carbocycles. The third-order valence-corrected chi connectivity index (χ3v) is 5.17. The quantitative estimate of drug-likeness (QED) is 0.793. The van der Waals surface area contributed by atoms with Gasteiger partial charge in [0.05, 0.1) is 32.5 Å². The van der Waals surface area contributed by atoms with E-state index < -0.39 is 16.8 Å². The number of halogens is 1. The molecule has 21 heavy (non-hydrogen) atoms. The predicted octanol–water partition coefficient (Wildman–Crippen LogP) is 3.89. The topological polar surface area (TPSA) is 56.2 Å². The number of para-hydroxylation sites is 1. The number of furan rings is 1. The number of nitrogens with two attached hydrogens (primary N) is 1. The molecular formula is C16H14ClNO2S. The number of hydrogen-bond acceptors (Lipinski definition) is 3. The van der Waals surface area contributed by atoms with Crippen molar-refractivity contribution >= 4 is 33.4 Å². The van der Waals surface area contributed by atoms with Crippen LogP contribution in [0, 0.1) is 0 Å². The molecule has 0 saturated heterocycles. The first kappa shape index (κ1) is 14.3. The van der Waals surface area contributed by atoms with Crippen molar-refractivity contribution < 1.29 is 8.63 Å². The van der Waals surface area contributed by atoms with Crippen LogP contribution in [0.4, 0.5) is 0 Å². The van der Waals surface area contributed by atoms with Gasteiger partial charge in [-0.3, -0.25) is 4.21 Å². The fraction of sp³-hybridized carbons (Fsp3) is 0.125. The van der Waals surface area contributed by atoms with Gasteiger partial charge in [0.15, 0.2) is 0 Å². The van der Waals surface area contributed by atoms with Crippen LogP contribution in [-0.4, -0.2) is 9.96 Å². The fourth-order valence-corrected chi connectivity index (χ4v) is 3.73. The Kier molecular flexibility index (Phi) is 4.10. The monoisotopic (exact) mass is 319 g/mol. The number of benzene rings is 2. The maximum Gasteiger partial charge on any atom is 0.134 e. The molecule has 3 nitrogen and oxygen atoms in total. The van der Waals surface area contributed by atoms with E-state index in [1.807, 2.05) is 42.5 Å². The summed E-state index contributed by atoms with van der Waals surface area (Å²) in [6.45, 7) is 0. The van der Waals surface area contributed by atoms with Crippen molar-refractivity contribution in [2.45, 2.75) is 10.9 Å². The molecule has 0 spiro atoms. The minimum absolute atomic E-state index is 0.267. The third-order valence-electron chi connectivity index (χ3n) is 3.22. The van der Waals surface area contributed by atoms with Crippen molar-refractivity contribution in [2.24, 2.45) is 5.73 Å². The largest absolute Gasteiger partial charge is 0.459 e. The lowest BCUT2D eigenvalue weighted by Crippen LogP contribution is -2.17. The molecular weight excluding hydrogens is 306 g/mol. The van der Waals surface area contributed by atoms with E-state index in [4.69, 9.17) is 21.8 Å². The Hall–Kier alpha value is -1.62. The molecule has 0 amide bonds. The zero-order valence-corrected chi connectivity index (χ0v) is 12.7. The normalized spacial score (nSPS) is 14.2. The van der Waals surface area contributed by atoms with Gasteiger partial charge in [0.25, 0.3) is 0 Å². The van der Waals surface area contributed by atoms with Gasteiger partial charge in [-0.2, -0.15) is 0 Å². The van der Waals surface area contributed by atoms with E-state index in [9.17, 15) is 4.21 Å². The molecule has 3 rings (SSSR count). The maximum atomic E-state index is 12.4. The first-order valence-corrected chi connectivity index (χ1v) is 8.22. The highest BCUT2D eigenvalue weighted by molar-refractivity contribution is 7.85. The molecule has 0 aliphatic heterocycles. The van der Waals surface area contributed by atoms with E-state index >= 15 is 0 Å². The van der Waals surface area contributed by atoms with Crippen molar-refractivity contribution in [1.82, 2.24) is 0 Å². The molecule has 2 unspecified atom stereocenters. The van der Waals surface area contributed by atoms with Gasteiger partial charge in [0.2, 0.25) is 0 Å². The second-order valence-corrected chi connectivity index (χ2v) is 6.61. The number of hydrogen-bond donors (Lipinski definition) is 1. The van der Waals surface area contributed by atoms with E-state index in [2.05, 4.69) is 0 Å². The van der Waals surface area contributed by atoms with Gasteiger partial charge in [0, 0.05) is 5.39 Å². The molecule has 5 heteroatoms. The average Bonchev–Trinajstić information content (AvgIpc) is 2.91. The summed E-state index contributed by atoms with van der Waals surface area (Å²) in [5.41, 5.74) is 6.90. The Balaban J connectivity index is 1.81. The number of fused-ring (bicyclic) bond motifs is 1. The Labute approximate surface area is 130 Å². The molecule has 2 N–H and O–H groups in total. The molecule has 3 aromatic rings. The Morgan fingerprint density at radius 2 is 1.86 bits per heavy atom. The summed E-state index contributed by atoms with van der Waals surface area (Å²) in [7, 11) is -1.26. The van der Waals surface area contributed by atoms with Gasteiger partial charge in [0.1, 0.15) is 11.3 Å². The summed E-state index contributed by atoms with van der Waals surface area (Å²) in [5.74, 6) is 0.903. The van der Waals surface area contributed by atoms with Gasteiger partial charge < -0.3 is 10.2 Å². The lowest BCUT2D eigenvalue weighted by molar-refractivity contribution is 0.513. The van der Waals surface area contributed by atoms with Gasteiger partial charge in [-0.25, -0.2) is 0 Å². The molecule has 1 aromatic heterocycles. The Bertz CT molecular complexity index is 767. The van der Waals surface area contributed by atoms with E-state index in [0.29, 0.717) is 15.7 Å². The van der Waals surface area contributed by atoms with Crippen molar-refractivity contribution in [3.8, 4) is 0 Å². The minimum atomic E-state index is -1.26. The summed E-state index contributed by atoms with van der Waals surface area (Å²) in [5, 5.41) is 1.49. The van der Waals surface area contributed by atoms with Crippen molar-refractivity contribution in [1.29, 1.82) is 0 Å². The minimum Gasteiger partial charge on any atom is -0.459 e. The zero-order chi connectivity index (χ0) is 14.8. The summed E-state index contributed by atoms with van der Waals surface area (Å²) in [4.78, 5) is 0.603. The van der Waals surface area contributed by atoms with Crippen LogP contribution in [0.15, 0.2) is 63.9 Å². The van der Waals surface area contributed by atoms with Crippen LogP contribution in [0.3, 0.4) is 0 Å². The second kappa shape index (κ2) is 6.02. The molecule has 0 bridgehead atoms. The molecule has 108 valence electrons. The van der Waals surface area contributed by atoms with Crippen LogP contribution in [0.1, 0.15) is 11.8 Å². The van der Waals surface area contributed by atoms with Crippen LogP contribution >= 0.6 is 11.6 Å². The van der Waals surface area contributed by atoms with Crippen LogP contribution < -0.4 is 5.73 Å². The standard InChI is InChI=1S/C16H14ClNO2S/c17-12-6-2-4-8-16(12)21(19)10-13(18)15-9-11-5-1-3-7-14(11)20-15/h1-9,13H,10,18H2. The van der Waals surface area contributed by atoms with Gasteiger partial charge >= 0.3 is 0 Å². The van der Waals surface area contributed by atoms with Gasteiger partial charge in [-0.1, -0.05) is 41.9 Å². The summed E-state index contributed by atoms with van der Waals surface area (Å²) < 4.78 is 18.1. The molecule has 2 aromatic carbocycles. The van der Waals surface area contributed by atoms with Crippen molar-refractivity contribution in [2.75, 3.05) is 5.75 Å². The summed E-state index contributed by atoms with van der Waals surface area (Å²) in [6, 6.07) is 16.2. The predicted molar refractivity (Wildman–Crippen MR) is 85.9 cm³/mol. The highest BCUT2D eigenvalue weighted by Gasteiger charge is 2.17. The van der Waals surface area contributed by atoms with Crippen LogP contribution in [-0.2, 0) is 10.8 Å². The molecule has 0 radical (unpaired) electrons. The Morgan fingerprint density at radius 1 is 1.14 bits per heavy atom. The van der Waals surface area contributed by atoms with Crippen molar-refractivity contribution in [3.05, 3.63) is 65.4 Å². The van der Waals surface area contributed by atoms with Crippen LogP contribution in [0.5, 0.6) is 0 Å². The van der Waals surface area contributed by atoms with Gasteiger partial charge in [-0.15, -0.1) is 0 Å². The molecule has 0 fully saturated rings.